The SMILES string of the molecule is COC(CNS(=O)(=O)C1CCCCC1)c1ccccc1C. The first-order valence-electron chi connectivity index (χ1n) is 7.61. The van der Waals surface area contributed by atoms with Crippen LogP contribution < -0.4 is 4.72 Å². The fraction of sp³-hybridized carbons (Fsp3) is 0.625. The molecule has 0 aliphatic heterocycles. The Labute approximate surface area is 127 Å². The normalized spacial score (nSPS) is 18.6. The summed E-state index contributed by atoms with van der Waals surface area (Å²) in [7, 11) is -1.62. The van der Waals surface area contributed by atoms with Crippen LogP contribution in [0.2, 0.25) is 0 Å². The van der Waals surface area contributed by atoms with Crippen LogP contribution in [0.4, 0.5) is 0 Å². The Hall–Kier alpha value is -0.910. The third-order valence-electron chi connectivity index (χ3n) is 4.28. The van der Waals surface area contributed by atoms with E-state index in [0.29, 0.717) is 6.54 Å². The largest absolute Gasteiger partial charge is 0.375 e. The van der Waals surface area contributed by atoms with Crippen LogP contribution in [0.3, 0.4) is 0 Å². The van der Waals surface area contributed by atoms with Gasteiger partial charge in [0.1, 0.15) is 0 Å². The molecule has 2 rings (SSSR count). The minimum absolute atomic E-state index is 0.236. The molecular weight excluding hydrogens is 286 g/mol. The zero-order valence-corrected chi connectivity index (χ0v) is 13.7. The summed E-state index contributed by atoms with van der Waals surface area (Å²) >= 11 is 0. The average molecular weight is 311 g/mol. The quantitative estimate of drug-likeness (QED) is 0.879. The zero-order valence-electron chi connectivity index (χ0n) is 12.8. The summed E-state index contributed by atoms with van der Waals surface area (Å²) < 4.78 is 32.9. The molecule has 1 aromatic rings. The van der Waals surface area contributed by atoms with Crippen LogP contribution >= 0.6 is 0 Å². The summed E-state index contributed by atoms with van der Waals surface area (Å²) in [6, 6.07) is 7.91. The van der Waals surface area contributed by atoms with Crippen molar-refractivity contribution < 1.29 is 13.2 Å². The molecule has 0 saturated heterocycles. The van der Waals surface area contributed by atoms with Gasteiger partial charge < -0.3 is 4.74 Å². The summed E-state index contributed by atoms with van der Waals surface area (Å²) in [6.45, 7) is 2.30. The first kappa shape index (κ1) is 16.5. The molecule has 0 aromatic heterocycles. The smallest absolute Gasteiger partial charge is 0.214 e. The Bertz CT molecular complexity index is 550. The lowest BCUT2D eigenvalue weighted by molar-refractivity contribution is 0.106. The summed E-state index contributed by atoms with van der Waals surface area (Å²) in [5, 5.41) is -0.236. The minimum Gasteiger partial charge on any atom is -0.375 e. The second-order valence-corrected chi connectivity index (χ2v) is 7.78. The van der Waals surface area contributed by atoms with Gasteiger partial charge in [-0.2, -0.15) is 0 Å². The van der Waals surface area contributed by atoms with E-state index in [1.54, 1.807) is 7.11 Å². The summed E-state index contributed by atoms with van der Waals surface area (Å²) in [6.07, 6.45) is 4.48. The van der Waals surface area contributed by atoms with Crippen LogP contribution in [-0.4, -0.2) is 27.3 Å². The maximum absolute atomic E-state index is 12.4. The van der Waals surface area contributed by atoms with Gasteiger partial charge in [0.2, 0.25) is 10.0 Å². The van der Waals surface area contributed by atoms with Crippen LogP contribution in [-0.2, 0) is 14.8 Å². The zero-order chi connectivity index (χ0) is 15.3. The number of ether oxygens (including phenoxy) is 1. The van der Waals surface area contributed by atoms with Crippen molar-refractivity contribution in [2.24, 2.45) is 0 Å². The Morgan fingerprint density at radius 2 is 1.90 bits per heavy atom. The van der Waals surface area contributed by atoms with Gasteiger partial charge in [-0.1, -0.05) is 43.5 Å². The van der Waals surface area contributed by atoms with Gasteiger partial charge in [0.05, 0.1) is 11.4 Å². The van der Waals surface area contributed by atoms with E-state index < -0.39 is 10.0 Å². The standard InChI is InChI=1S/C16H25NO3S/c1-13-8-6-7-11-15(13)16(20-2)12-17-21(18,19)14-9-4-3-5-10-14/h6-8,11,14,16-17H,3-5,9-10,12H2,1-2H3. The van der Waals surface area contributed by atoms with Crippen molar-refractivity contribution in [3.63, 3.8) is 0 Å². The highest BCUT2D eigenvalue weighted by Crippen LogP contribution is 2.24. The lowest BCUT2D eigenvalue weighted by atomic mass is 10.0. The van der Waals surface area contributed by atoms with Crippen molar-refractivity contribution in [2.45, 2.75) is 50.4 Å². The van der Waals surface area contributed by atoms with E-state index in [4.69, 9.17) is 4.74 Å². The number of aryl methyl sites for hydroxylation is 1. The average Bonchev–Trinajstić information content (AvgIpc) is 2.50. The molecule has 1 atom stereocenters. The molecular formula is C16H25NO3S. The third kappa shape index (κ3) is 4.28. The van der Waals surface area contributed by atoms with Crippen LogP contribution in [0, 0.1) is 6.92 Å². The van der Waals surface area contributed by atoms with Crippen LogP contribution in [0.15, 0.2) is 24.3 Å². The number of methoxy groups -OCH3 is 1. The molecule has 1 aliphatic carbocycles. The molecule has 1 unspecified atom stereocenters. The Balaban J connectivity index is 2.01. The Morgan fingerprint density at radius 3 is 2.52 bits per heavy atom. The monoisotopic (exact) mass is 311 g/mol. The number of nitrogens with one attached hydrogen (secondary N) is 1. The Kier molecular flexibility index (Phi) is 5.79. The van der Waals surface area contributed by atoms with Crippen LogP contribution in [0.5, 0.6) is 0 Å². The van der Waals surface area contributed by atoms with Crippen molar-refractivity contribution in [2.75, 3.05) is 13.7 Å². The van der Waals surface area contributed by atoms with E-state index in [-0.39, 0.29) is 11.4 Å². The number of benzene rings is 1. The highest BCUT2D eigenvalue weighted by Gasteiger charge is 2.28. The molecule has 0 radical (unpaired) electrons. The predicted octanol–water partition coefficient (Wildman–Crippen LogP) is 2.93. The van der Waals surface area contributed by atoms with Gasteiger partial charge in [-0.25, -0.2) is 13.1 Å². The fourth-order valence-electron chi connectivity index (χ4n) is 2.95. The molecule has 118 valence electrons. The maximum Gasteiger partial charge on any atom is 0.214 e. The first-order chi connectivity index (χ1) is 10.0. The summed E-state index contributed by atoms with van der Waals surface area (Å²) in [5.41, 5.74) is 2.15. The highest BCUT2D eigenvalue weighted by atomic mass is 32.2. The lowest BCUT2D eigenvalue weighted by Gasteiger charge is -2.24. The van der Waals surface area contributed by atoms with Crippen molar-refractivity contribution in [3.05, 3.63) is 35.4 Å². The highest BCUT2D eigenvalue weighted by molar-refractivity contribution is 7.90. The van der Waals surface area contributed by atoms with Gasteiger partial charge >= 0.3 is 0 Å². The van der Waals surface area contributed by atoms with Gasteiger partial charge in [0.25, 0.3) is 0 Å². The van der Waals surface area contributed by atoms with E-state index >= 15 is 0 Å². The molecule has 5 heteroatoms. The molecule has 1 aliphatic rings. The van der Waals surface area contributed by atoms with E-state index in [2.05, 4.69) is 4.72 Å². The van der Waals surface area contributed by atoms with Gasteiger partial charge in [-0.15, -0.1) is 0 Å². The van der Waals surface area contributed by atoms with Crippen LogP contribution in [0.1, 0.15) is 49.3 Å². The molecule has 1 N–H and O–H groups in total. The minimum atomic E-state index is -3.24. The second-order valence-electron chi connectivity index (χ2n) is 5.73. The van der Waals surface area contributed by atoms with Crippen molar-refractivity contribution in [1.29, 1.82) is 0 Å². The number of hydrogen-bond donors (Lipinski definition) is 1. The molecule has 4 nitrogen and oxygen atoms in total. The fourth-order valence-corrected chi connectivity index (χ4v) is 4.53. The van der Waals surface area contributed by atoms with E-state index in [0.717, 1.165) is 43.2 Å². The number of rotatable bonds is 6. The van der Waals surface area contributed by atoms with Crippen molar-refractivity contribution >= 4 is 10.0 Å². The van der Waals surface area contributed by atoms with E-state index in [1.165, 1.54) is 0 Å². The molecule has 1 aromatic carbocycles. The summed E-state index contributed by atoms with van der Waals surface area (Å²) in [4.78, 5) is 0. The molecule has 0 heterocycles. The number of hydrogen-bond acceptors (Lipinski definition) is 3. The molecule has 0 spiro atoms. The molecule has 1 fully saturated rings. The summed E-state index contributed by atoms with van der Waals surface area (Å²) in [5.74, 6) is 0. The molecule has 21 heavy (non-hydrogen) atoms. The van der Waals surface area contributed by atoms with Gasteiger partial charge in [0.15, 0.2) is 0 Å². The van der Waals surface area contributed by atoms with Crippen LogP contribution in [0.25, 0.3) is 0 Å². The maximum atomic E-state index is 12.4. The van der Waals surface area contributed by atoms with E-state index in [9.17, 15) is 8.42 Å². The first-order valence-corrected chi connectivity index (χ1v) is 9.16. The van der Waals surface area contributed by atoms with Crippen molar-refractivity contribution in [1.82, 2.24) is 4.72 Å². The topological polar surface area (TPSA) is 55.4 Å². The predicted molar refractivity (Wildman–Crippen MR) is 84.7 cm³/mol. The van der Waals surface area contributed by atoms with Crippen molar-refractivity contribution in [3.8, 4) is 0 Å². The molecule has 0 amide bonds. The van der Waals surface area contributed by atoms with Gasteiger partial charge in [-0.05, 0) is 30.9 Å². The Morgan fingerprint density at radius 1 is 1.24 bits per heavy atom. The lowest BCUT2D eigenvalue weighted by Crippen LogP contribution is -2.38. The van der Waals surface area contributed by atoms with Gasteiger partial charge in [-0.3, -0.25) is 0 Å². The number of sulfonamides is 1. The van der Waals surface area contributed by atoms with E-state index in [1.807, 2.05) is 31.2 Å². The molecule has 0 bridgehead atoms. The van der Waals surface area contributed by atoms with Gasteiger partial charge in [0, 0.05) is 13.7 Å². The molecule has 1 saturated carbocycles. The second kappa shape index (κ2) is 7.38. The third-order valence-corrected chi connectivity index (χ3v) is 6.20.